The van der Waals surface area contributed by atoms with Crippen LogP contribution in [0.1, 0.15) is 12.0 Å². The largest absolute Gasteiger partial charge is 0.329 e. The Labute approximate surface area is 115 Å². The molecule has 0 radical (unpaired) electrons. The molecule has 1 N–H and O–H groups in total. The third-order valence-corrected chi connectivity index (χ3v) is 3.44. The summed E-state index contributed by atoms with van der Waals surface area (Å²) in [5.74, 6) is 0. The molecule has 0 spiro atoms. The Morgan fingerprint density at radius 1 is 1.32 bits per heavy atom. The second-order valence-corrected chi connectivity index (χ2v) is 4.81. The number of hydrogen-bond acceptors (Lipinski definition) is 4. The zero-order valence-electron chi connectivity index (χ0n) is 10.6. The molecule has 3 aromatic heterocycles. The van der Waals surface area contributed by atoms with Gasteiger partial charge in [0.1, 0.15) is 0 Å². The van der Waals surface area contributed by atoms with Gasteiger partial charge in [-0.2, -0.15) is 0 Å². The maximum atomic E-state index is 5.36. The van der Waals surface area contributed by atoms with Crippen molar-refractivity contribution in [3.63, 3.8) is 0 Å². The summed E-state index contributed by atoms with van der Waals surface area (Å²) < 4.78 is 4.57. The van der Waals surface area contributed by atoms with Crippen LogP contribution in [0.25, 0.3) is 11.2 Å². The van der Waals surface area contributed by atoms with Crippen molar-refractivity contribution >= 4 is 23.4 Å². The molecule has 0 atom stereocenters. The van der Waals surface area contributed by atoms with E-state index in [-0.39, 0.29) is 0 Å². The second-order valence-electron chi connectivity index (χ2n) is 4.43. The fraction of sp³-hybridized carbons (Fsp3) is 0.333. The zero-order chi connectivity index (χ0) is 13.2. The van der Waals surface area contributed by atoms with Gasteiger partial charge in [0.05, 0.1) is 11.7 Å². The quantitative estimate of drug-likeness (QED) is 0.740. The van der Waals surface area contributed by atoms with Crippen molar-refractivity contribution in [3.05, 3.63) is 35.0 Å². The number of H-pyrrole nitrogens is 1. The first-order valence-electron chi connectivity index (χ1n) is 6.14. The lowest BCUT2D eigenvalue weighted by atomic mass is 10.3. The van der Waals surface area contributed by atoms with Crippen molar-refractivity contribution in [1.29, 1.82) is 0 Å². The van der Waals surface area contributed by atoms with Crippen LogP contribution < -0.4 is 0 Å². The van der Waals surface area contributed by atoms with Crippen LogP contribution in [0.3, 0.4) is 0 Å². The summed E-state index contributed by atoms with van der Waals surface area (Å²) in [5.41, 5.74) is 3.10. The topological polar surface area (TPSA) is 64.3 Å². The van der Waals surface area contributed by atoms with Crippen LogP contribution >= 0.6 is 12.2 Å². The summed E-state index contributed by atoms with van der Waals surface area (Å²) in [6, 6.07) is 1.98. The fourth-order valence-corrected chi connectivity index (χ4v) is 2.40. The van der Waals surface area contributed by atoms with Crippen molar-refractivity contribution in [2.45, 2.75) is 26.4 Å². The van der Waals surface area contributed by atoms with Gasteiger partial charge in [0.2, 0.25) is 0 Å². The van der Waals surface area contributed by atoms with E-state index in [1.165, 1.54) is 0 Å². The molecule has 3 aromatic rings. The lowest BCUT2D eigenvalue weighted by Gasteiger charge is -2.04. The van der Waals surface area contributed by atoms with Crippen LogP contribution in [0.4, 0.5) is 0 Å². The Balaban J connectivity index is 1.83. The van der Waals surface area contributed by atoms with Crippen molar-refractivity contribution in [2.24, 2.45) is 0 Å². The Kier molecular flexibility index (Phi) is 3.12. The van der Waals surface area contributed by atoms with Crippen molar-refractivity contribution in [3.8, 4) is 0 Å². The third kappa shape index (κ3) is 2.28. The monoisotopic (exact) mass is 274 g/mol. The van der Waals surface area contributed by atoms with Crippen molar-refractivity contribution in [1.82, 2.24) is 29.5 Å². The number of pyridine rings is 1. The summed E-state index contributed by atoms with van der Waals surface area (Å²) in [7, 11) is 0. The molecular weight excluding hydrogens is 260 g/mol. The van der Waals surface area contributed by atoms with Gasteiger partial charge < -0.3 is 9.55 Å². The molecule has 98 valence electrons. The Bertz CT molecular complexity index is 739. The molecule has 0 aliphatic heterocycles. The highest BCUT2D eigenvalue weighted by Crippen LogP contribution is 2.15. The number of nitrogens with zero attached hydrogens (tertiary/aromatic N) is 5. The van der Waals surface area contributed by atoms with Gasteiger partial charge in [-0.25, -0.2) is 4.98 Å². The van der Waals surface area contributed by atoms with E-state index in [0.717, 1.165) is 41.0 Å². The van der Waals surface area contributed by atoms with Gasteiger partial charge in [-0.3, -0.25) is 4.68 Å². The van der Waals surface area contributed by atoms with E-state index in [4.69, 9.17) is 12.2 Å². The molecule has 6 nitrogen and oxygen atoms in total. The van der Waals surface area contributed by atoms with Crippen LogP contribution in [0, 0.1) is 11.7 Å². The highest BCUT2D eigenvalue weighted by Gasteiger charge is 2.07. The van der Waals surface area contributed by atoms with Gasteiger partial charge in [0.25, 0.3) is 0 Å². The number of hydrogen-bond donors (Lipinski definition) is 1. The van der Waals surface area contributed by atoms with E-state index in [1.807, 2.05) is 27.7 Å². The van der Waals surface area contributed by atoms with Crippen LogP contribution in [0.5, 0.6) is 0 Å². The maximum Gasteiger partial charge on any atom is 0.179 e. The molecule has 0 amide bonds. The third-order valence-electron chi connectivity index (χ3n) is 3.11. The SMILES string of the molecule is Cc1ccnc2c1[nH]c(=S)n2CCCn1ccnn1. The number of rotatable bonds is 4. The molecule has 19 heavy (non-hydrogen) atoms. The number of aromatic amines is 1. The summed E-state index contributed by atoms with van der Waals surface area (Å²) >= 11 is 5.36. The summed E-state index contributed by atoms with van der Waals surface area (Å²) in [5, 5.41) is 7.73. The minimum absolute atomic E-state index is 0.718. The first-order chi connectivity index (χ1) is 9.25. The number of aryl methyl sites for hydroxylation is 3. The first-order valence-corrected chi connectivity index (χ1v) is 6.55. The summed E-state index contributed by atoms with van der Waals surface area (Å²) in [6.45, 7) is 3.68. The Hall–Kier alpha value is -2.02. The standard InChI is InChI=1S/C12H14N6S/c1-9-3-4-13-11-10(9)15-12(19)18(11)7-2-6-17-8-5-14-16-17/h3-5,8H,2,6-7H2,1H3,(H,15,19). The lowest BCUT2D eigenvalue weighted by Crippen LogP contribution is -2.05. The highest BCUT2D eigenvalue weighted by molar-refractivity contribution is 7.71. The van der Waals surface area contributed by atoms with E-state index in [9.17, 15) is 0 Å². The number of aromatic nitrogens is 6. The van der Waals surface area contributed by atoms with Gasteiger partial charge in [-0.1, -0.05) is 5.21 Å². The fourth-order valence-electron chi connectivity index (χ4n) is 2.12. The van der Waals surface area contributed by atoms with E-state index in [1.54, 1.807) is 6.20 Å². The van der Waals surface area contributed by atoms with Crippen LogP contribution in [0.15, 0.2) is 24.7 Å². The van der Waals surface area contributed by atoms with Gasteiger partial charge in [-0.15, -0.1) is 5.10 Å². The molecule has 0 unspecified atom stereocenters. The molecular formula is C12H14N6S. The predicted molar refractivity (Wildman–Crippen MR) is 74.3 cm³/mol. The van der Waals surface area contributed by atoms with E-state index < -0.39 is 0 Å². The molecule has 7 heteroatoms. The zero-order valence-corrected chi connectivity index (χ0v) is 11.4. The second kappa shape index (κ2) is 4.93. The Morgan fingerprint density at radius 3 is 3.00 bits per heavy atom. The van der Waals surface area contributed by atoms with E-state index >= 15 is 0 Å². The van der Waals surface area contributed by atoms with Crippen molar-refractivity contribution < 1.29 is 0 Å². The normalized spacial score (nSPS) is 11.2. The molecule has 0 aliphatic carbocycles. The van der Waals surface area contributed by atoms with Crippen LogP contribution in [-0.4, -0.2) is 29.5 Å². The molecule has 0 aliphatic rings. The van der Waals surface area contributed by atoms with Crippen LogP contribution in [-0.2, 0) is 13.1 Å². The number of nitrogens with one attached hydrogen (secondary N) is 1. The van der Waals surface area contributed by atoms with Gasteiger partial charge in [-0.05, 0) is 37.2 Å². The molecule has 3 rings (SSSR count). The van der Waals surface area contributed by atoms with Gasteiger partial charge >= 0.3 is 0 Å². The summed E-state index contributed by atoms with van der Waals surface area (Å²) in [6.07, 6.45) is 6.29. The smallest absolute Gasteiger partial charge is 0.179 e. The van der Waals surface area contributed by atoms with Gasteiger partial charge in [0, 0.05) is 25.5 Å². The Morgan fingerprint density at radius 2 is 2.21 bits per heavy atom. The van der Waals surface area contributed by atoms with Crippen molar-refractivity contribution in [2.75, 3.05) is 0 Å². The molecule has 3 heterocycles. The average Bonchev–Trinajstić information content (AvgIpc) is 3.00. The summed E-state index contributed by atoms with van der Waals surface area (Å²) in [4.78, 5) is 7.63. The molecule has 0 fully saturated rings. The maximum absolute atomic E-state index is 5.36. The van der Waals surface area contributed by atoms with E-state index in [0.29, 0.717) is 0 Å². The molecule has 0 saturated carbocycles. The number of fused-ring (bicyclic) bond motifs is 1. The lowest BCUT2D eigenvalue weighted by molar-refractivity contribution is 0.516. The highest BCUT2D eigenvalue weighted by atomic mass is 32.1. The predicted octanol–water partition coefficient (Wildman–Crippen LogP) is 2.08. The van der Waals surface area contributed by atoms with Crippen LogP contribution in [0.2, 0.25) is 0 Å². The van der Waals surface area contributed by atoms with E-state index in [2.05, 4.69) is 27.2 Å². The minimum atomic E-state index is 0.718. The minimum Gasteiger partial charge on any atom is -0.329 e. The first kappa shape index (κ1) is 12.0. The number of imidazole rings is 1. The van der Waals surface area contributed by atoms with Gasteiger partial charge in [0.15, 0.2) is 10.4 Å². The molecule has 0 saturated heterocycles. The molecule has 0 aromatic carbocycles. The average molecular weight is 274 g/mol. The molecule has 0 bridgehead atoms.